The molecule has 1 fully saturated rings. The molecule has 2 aromatic carbocycles. The average molecular weight is 431 g/mol. The Hall–Kier alpha value is -2.09. The predicted octanol–water partition coefficient (Wildman–Crippen LogP) is 5.20. The number of hydrogen-bond donors (Lipinski definition) is 0. The second-order valence-corrected chi connectivity index (χ2v) is 9.32. The van der Waals surface area contributed by atoms with Crippen molar-refractivity contribution in [3.63, 3.8) is 0 Å². The lowest BCUT2D eigenvalue weighted by Crippen LogP contribution is -2.46. The van der Waals surface area contributed by atoms with E-state index < -0.39 is 0 Å². The normalized spacial score (nSPS) is 15.0. The summed E-state index contributed by atoms with van der Waals surface area (Å²) in [5.41, 5.74) is 3.20. The number of benzene rings is 2. The summed E-state index contributed by atoms with van der Waals surface area (Å²) >= 11 is 9.67. The molecule has 1 saturated heterocycles. The zero-order valence-electron chi connectivity index (χ0n) is 15.6. The summed E-state index contributed by atoms with van der Waals surface area (Å²) in [5.74, 6) is 0.848. The van der Waals surface area contributed by atoms with Crippen molar-refractivity contribution < 1.29 is 4.74 Å². The van der Waals surface area contributed by atoms with Crippen molar-refractivity contribution in [3.05, 3.63) is 40.9 Å². The molecular weight excluding hydrogens is 412 g/mol. The molecule has 8 heteroatoms. The van der Waals surface area contributed by atoms with Crippen molar-refractivity contribution in [1.82, 2.24) is 9.97 Å². The van der Waals surface area contributed by atoms with Crippen LogP contribution in [0.5, 0.6) is 5.75 Å². The summed E-state index contributed by atoms with van der Waals surface area (Å²) in [4.78, 5) is 14.4. The van der Waals surface area contributed by atoms with Gasteiger partial charge in [-0.25, -0.2) is 9.97 Å². The van der Waals surface area contributed by atoms with Gasteiger partial charge in [0.25, 0.3) is 0 Å². The molecule has 5 rings (SSSR count). The third-order valence-electron chi connectivity index (χ3n) is 5.04. The monoisotopic (exact) mass is 430 g/mol. The van der Waals surface area contributed by atoms with Gasteiger partial charge in [0.2, 0.25) is 0 Å². The fourth-order valence-electron chi connectivity index (χ4n) is 3.52. The second-order valence-electron chi connectivity index (χ2n) is 6.87. The van der Waals surface area contributed by atoms with Crippen LogP contribution >= 0.6 is 34.3 Å². The van der Waals surface area contributed by atoms with Gasteiger partial charge in [-0.05, 0) is 36.8 Å². The first-order chi connectivity index (χ1) is 13.6. The molecule has 0 bridgehead atoms. The standard InChI is InChI=1S/C20H19ClN4OS2/c1-12-9-13(21)10-17-18(12)23-20(28-17)25-7-5-24(6-8-25)19-22-15-11-14(26-2)3-4-16(15)27-19/h3-4,9-11H,5-8H2,1-2H3. The summed E-state index contributed by atoms with van der Waals surface area (Å²) in [7, 11) is 1.69. The van der Waals surface area contributed by atoms with E-state index in [1.165, 1.54) is 4.70 Å². The third kappa shape index (κ3) is 3.17. The van der Waals surface area contributed by atoms with Crippen molar-refractivity contribution in [1.29, 1.82) is 0 Å². The molecule has 144 valence electrons. The number of fused-ring (bicyclic) bond motifs is 2. The van der Waals surface area contributed by atoms with Crippen LogP contribution in [0.1, 0.15) is 5.56 Å². The van der Waals surface area contributed by atoms with Crippen LogP contribution in [0, 0.1) is 6.92 Å². The lowest BCUT2D eigenvalue weighted by Gasteiger charge is -2.34. The van der Waals surface area contributed by atoms with Crippen molar-refractivity contribution >= 4 is 65.0 Å². The number of piperazine rings is 1. The van der Waals surface area contributed by atoms with Crippen LogP contribution in [0.25, 0.3) is 20.4 Å². The lowest BCUT2D eigenvalue weighted by atomic mass is 10.2. The highest BCUT2D eigenvalue weighted by molar-refractivity contribution is 7.22. The minimum atomic E-state index is 0.775. The van der Waals surface area contributed by atoms with E-state index in [4.69, 9.17) is 26.3 Å². The molecule has 0 saturated carbocycles. The van der Waals surface area contributed by atoms with Gasteiger partial charge >= 0.3 is 0 Å². The molecule has 1 aliphatic rings. The Kier molecular flexibility index (Phi) is 4.53. The van der Waals surface area contributed by atoms with Crippen molar-refractivity contribution in [2.24, 2.45) is 0 Å². The Bertz CT molecular complexity index is 1160. The number of rotatable bonds is 3. The van der Waals surface area contributed by atoms with Crippen LogP contribution in [0.3, 0.4) is 0 Å². The van der Waals surface area contributed by atoms with Gasteiger partial charge in [-0.15, -0.1) is 0 Å². The van der Waals surface area contributed by atoms with E-state index in [2.05, 4.69) is 22.8 Å². The quantitative estimate of drug-likeness (QED) is 0.446. The maximum absolute atomic E-state index is 6.20. The molecule has 0 spiro atoms. The number of aromatic nitrogens is 2. The highest BCUT2D eigenvalue weighted by atomic mass is 35.5. The molecule has 0 N–H and O–H groups in total. The predicted molar refractivity (Wildman–Crippen MR) is 120 cm³/mol. The molecule has 3 heterocycles. The highest BCUT2D eigenvalue weighted by Gasteiger charge is 2.22. The van der Waals surface area contributed by atoms with E-state index in [-0.39, 0.29) is 0 Å². The molecule has 0 unspecified atom stereocenters. The van der Waals surface area contributed by atoms with Gasteiger partial charge in [-0.2, -0.15) is 0 Å². The molecule has 28 heavy (non-hydrogen) atoms. The SMILES string of the molecule is COc1ccc2sc(N3CCN(c4nc5c(C)cc(Cl)cc5s4)CC3)nc2c1. The van der Waals surface area contributed by atoms with Crippen LogP contribution in [0.4, 0.5) is 10.3 Å². The molecule has 1 aliphatic heterocycles. The van der Waals surface area contributed by atoms with Gasteiger partial charge in [0.05, 0.1) is 27.5 Å². The van der Waals surface area contributed by atoms with Gasteiger partial charge in [0, 0.05) is 37.3 Å². The Balaban J connectivity index is 1.34. The number of ether oxygens (including phenoxy) is 1. The van der Waals surface area contributed by atoms with E-state index in [1.807, 2.05) is 24.3 Å². The van der Waals surface area contributed by atoms with Crippen molar-refractivity contribution in [2.75, 3.05) is 43.1 Å². The summed E-state index contributed by atoms with van der Waals surface area (Å²) < 4.78 is 7.66. The van der Waals surface area contributed by atoms with Gasteiger partial charge in [-0.1, -0.05) is 34.3 Å². The largest absolute Gasteiger partial charge is 0.497 e. The van der Waals surface area contributed by atoms with Crippen LogP contribution in [-0.2, 0) is 0 Å². The zero-order valence-corrected chi connectivity index (χ0v) is 18.0. The lowest BCUT2D eigenvalue weighted by molar-refractivity contribution is 0.415. The van der Waals surface area contributed by atoms with Crippen molar-refractivity contribution in [3.8, 4) is 5.75 Å². The number of halogens is 1. The van der Waals surface area contributed by atoms with Gasteiger partial charge in [-0.3, -0.25) is 0 Å². The number of thiazole rings is 2. The summed E-state index contributed by atoms with van der Waals surface area (Å²) in [6, 6.07) is 10.1. The second kappa shape index (κ2) is 7.06. The van der Waals surface area contributed by atoms with Crippen LogP contribution in [0.15, 0.2) is 30.3 Å². The molecule has 0 aliphatic carbocycles. The Morgan fingerprint density at radius 3 is 2.32 bits per heavy atom. The van der Waals surface area contributed by atoms with E-state index in [0.717, 1.165) is 68.5 Å². The zero-order chi connectivity index (χ0) is 19.3. The Labute approximate surface area is 176 Å². The third-order valence-corrected chi connectivity index (χ3v) is 7.42. The molecule has 0 atom stereocenters. The van der Waals surface area contributed by atoms with Gasteiger partial charge in [0.15, 0.2) is 10.3 Å². The molecular formula is C20H19ClN4OS2. The molecule has 0 amide bonds. The minimum absolute atomic E-state index is 0.775. The van der Waals surface area contributed by atoms with Crippen LogP contribution < -0.4 is 14.5 Å². The molecule has 2 aromatic heterocycles. The van der Waals surface area contributed by atoms with Crippen LogP contribution in [0.2, 0.25) is 5.02 Å². The van der Waals surface area contributed by atoms with E-state index in [9.17, 15) is 0 Å². The summed E-state index contributed by atoms with van der Waals surface area (Å²) in [6.07, 6.45) is 0. The molecule has 0 radical (unpaired) electrons. The average Bonchev–Trinajstić information content (AvgIpc) is 3.31. The first kappa shape index (κ1) is 18.0. The van der Waals surface area contributed by atoms with E-state index in [0.29, 0.717) is 0 Å². The molecule has 4 aromatic rings. The first-order valence-corrected chi connectivity index (χ1v) is 11.1. The number of anilines is 2. The van der Waals surface area contributed by atoms with Gasteiger partial charge in [0.1, 0.15) is 5.75 Å². The fraction of sp³-hybridized carbons (Fsp3) is 0.300. The van der Waals surface area contributed by atoms with Crippen LogP contribution in [-0.4, -0.2) is 43.3 Å². The molecule has 5 nitrogen and oxygen atoms in total. The topological polar surface area (TPSA) is 41.5 Å². The Morgan fingerprint density at radius 2 is 1.61 bits per heavy atom. The van der Waals surface area contributed by atoms with Gasteiger partial charge < -0.3 is 14.5 Å². The summed E-state index contributed by atoms with van der Waals surface area (Å²) in [6.45, 7) is 5.81. The Morgan fingerprint density at radius 1 is 0.929 bits per heavy atom. The minimum Gasteiger partial charge on any atom is -0.497 e. The fourth-order valence-corrected chi connectivity index (χ4v) is 5.99. The van der Waals surface area contributed by atoms with E-state index in [1.54, 1.807) is 29.8 Å². The number of methoxy groups -OCH3 is 1. The smallest absolute Gasteiger partial charge is 0.186 e. The first-order valence-electron chi connectivity index (χ1n) is 9.12. The maximum atomic E-state index is 6.20. The van der Waals surface area contributed by atoms with E-state index >= 15 is 0 Å². The summed E-state index contributed by atoms with van der Waals surface area (Å²) in [5, 5.41) is 2.93. The number of hydrogen-bond acceptors (Lipinski definition) is 7. The number of nitrogens with zero attached hydrogens (tertiary/aromatic N) is 4. The van der Waals surface area contributed by atoms with Crippen molar-refractivity contribution in [2.45, 2.75) is 6.92 Å². The number of aryl methyl sites for hydroxylation is 1. The highest BCUT2D eigenvalue weighted by Crippen LogP contribution is 2.35. The maximum Gasteiger partial charge on any atom is 0.186 e.